The number of nitrogens with zero attached hydrogens (tertiary/aromatic N) is 2. The Hall–Kier alpha value is -2.38. The molecular weight excluding hydrogens is 422 g/mol. The fourth-order valence-electron chi connectivity index (χ4n) is 3.84. The molecule has 158 valence electrons. The van der Waals surface area contributed by atoms with Crippen LogP contribution in [0, 0.1) is 0 Å². The zero-order valence-electron chi connectivity index (χ0n) is 17.0. The van der Waals surface area contributed by atoms with E-state index >= 15 is 0 Å². The third-order valence-electron chi connectivity index (χ3n) is 5.49. The number of sulfonamides is 1. The predicted molar refractivity (Wildman–Crippen MR) is 120 cm³/mol. The van der Waals surface area contributed by atoms with Gasteiger partial charge in [-0.1, -0.05) is 44.0 Å². The van der Waals surface area contributed by atoms with Gasteiger partial charge in [-0.05, 0) is 48.6 Å². The van der Waals surface area contributed by atoms with Gasteiger partial charge in [-0.15, -0.1) is 4.40 Å². The number of fused-ring (bicyclic) bond motifs is 3. The number of rotatable bonds is 3. The lowest BCUT2D eigenvalue weighted by Crippen LogP contribution is -2.35. The van der Waals surface area contributed by atoms with Crippen molar-refractivity contribution in [2.45, 2.75) is 50.3 Å². The summed E-state index contributed by atoms with van der Waals surface area (Å²) in [5.74, 6) is 0.420. The van der Waals surface area contributed by atoms with E-state index in [-0.39, 0.29) is 15.5 Å². The number of amidine groups is 1. The number of carbonyl (C=O) groups is 1. The zero-order chi connectivity index (χ0) is 21.5. The summed E-state index contributed by atoms with van der Waals surface area (Å²) in [5.41, 5.74) is 2.35. The Morgan fingerprint density at radius 2 is 1.97 bits per heavy atom. The SMILES string of the molecule is CC(C)c1cccc(NC(=O)c2cc3c(cc2Cl)N2CCCCCC2=NS3(=O)=O)c1. The average molecular weight is 446 g/mol. The maximum absolute atomic E-state index is 12.9. The van der Waals surface area contributed by atoms with Gasteiger partial charge in [-0.25, -0.2) is 0 Å². The van der Waals surface area contributed by atoms with Gasteiger partial charge >= 0.3 is 0 Å². The van der Waals surface area contributed by atoms with Crippen molar-refractivity contribution in [1.29, 1.82) is 0 Å². The van der Waals surface area contributed by atoms with E-state index in [4.69, 9.17) is 11.6 Å². The fraction of sp³-hybridized carbons (Fsp3) is 0.364. The molecule has 30 heavy (non-hydrogen) atoms. The van der Waals surface area contributed by atoms with Gasteiger partial charge in [0.2, 0.25) is 0 Å². The third-order valence-corrected chi connectivity index (χ3v) is 7.14. The summed E-state index contributed by atoms with van der Waals surface area (Å²) in [6.45, 7) is 4.83. The number of hydrogen-bond donors (Lipinski definition) is 1. The molecule has 1 amide bonds. The molecule has 0 saturated carbocycles. The van der Waals surface area contributed by atoms with Crippen LogP contribution in [-0.2, 0) is 10.0 Å². The standard InChI is InChI=1S/C22H24ClN3O3S/c1-14(2)15-7-6-8-16(11-15)24-22(27)17-12-20-19(13-18(17)23)26-10-5-3-4-9-21(26)25-30(20,28)29/h6-8,11-14H,3-5,9-10H2,1-2H3,(H,24,27). The number of carbonyl (C=O) groups excluding carboxylic acids is 1. The number of nitrogens with one attached hydrogen (secondary N) is 1. The maximum atomic E-state index is 12.9. The smallest absolute Gasteiger partial charge is 0.286 e. The minimum absolute atomic E-state index is 0.0265. The molecule has 0 aromatic heterocycles. The molecule has 2 aromatic rings. The first-order valence-corrected chi connectivity index (χ1v) is 11.9. The van der Waals surface area contributed by atoms with Crippen molar-refractivity contribution in [2.75, 3.05) is 16.8 Å². The van der Waals surface area contributed by atoms with Crippen molar-refractivity contribution in [3.05, 3.63) is 52.5 Å². The molecule has 1 fully saturated rings. The zero-order valence-corrected chi connectivity index (χ0v) is 18.6. The lowest BCUT2D eigenvalue weighted by atomic mass is 10.0. The Labute approximate surface area is 182 Å². The van der Waals surface area contributed by atoms with Gasteiger partial charge in [0, 0.05) is 18.7 Å². The van der Waals surface area contributed by atoms with Crippen molar-refractivity contribution in [1.82, 2.24) is 0 Å². The highest BCUT2D eigenvalue weighted by Crippen LogP contribution is 2.38. The molecule has 0 unspecified atom stereocenters. The summed E-state index contributed by atoms with van der Waals surface area (Å²) in [6.07, 6.45) is 3.49. The van der Waals surface area contributed by atoms with Crippen molar-refractivity contribution in [3.63, 3.8) is 0 Å². The highest BCUT2D eigenvalue weighted by molar-refractivity contribution is 7.90. The van der Waals surface area contributed by atoms with Gasteiger partial charge in [-0.3, -0.25) is 4.79 Å². The molecular formula is C22H24ClN3O3S. The van der Waals surface area contributed by atoms with Crippen molar-refractivity contribution in [3.8, 4) is 0 Å². The van der Waals surface area contributed by atoms with Crippen LogP contribution in [0.5, 0.6) is 0 Å². The first kappa shape index (κ1) is 20.9. The molecule has 0 radical (unpaired) electrons. The van der Waals surface area contributed by atoms with Crippen molar-refractivity contribution in [2.24, 2.45) is 4.40 Å². The molecule has 2 heterocycles. The summed E-state index contributed by atoms with van der Waals surface area (Å²) < 4.78 is 29.7. The Balaban J connectivity index is 1.71. The molecule has 6 nitrogen and oxygen atoms in total. The summed E-state index contributed by atoms with van der Waals surface area (Å²) in [7, 11) is -3.88. The van der Waals surface area contributed by atoms with Crippen LogP contribution in [0.4, 0.5) is 11.4 Å². The van der Waals surface area contributed by atoms with Gasteiger partial charge in [-0.2, -0.15) is 8.42 Å². The summed E-state index contributed by atoms with van der Waals surface area (Å²) in [6, 6.07) is 10.5. The van der Waals surface area contributed by atoms with Crippen LogP contribution in [0.25, 0.3) is 0 Å². The van der Waals surface area contributed by atoms with E-state index in [1.807, 2.05) is 23.1 Å². The minimum Gasteiger partial charge on any atom is -0.328 e. The van der Waals surface area contributed by atoms with Crippen LogP contribution in [0.3, 0.4) is 0 Å². The summed E-state index contributed by atoms with van der Waals surface area (Å²) in [5, 5.41) is 3.04. The first-order chi connectivity index (χ1) is 14.3. The highest BCUT2D eigenvalue weighted by Gasteiger charge is 2.33. The van der Waals surface area contributed by atoms with Crippen molar-refractivity contribution < 1.29 is 13.2 Å². The summed E-state index contributed by atoms with van der Waals surface area (Å²) >= 11 is 6.45. The second-order valence-corrected chi connectivity index (χ2v) is 9.96. The molecule has 2 aliphatic rings. The van der Waals surface area contributed by atoms with Gasteiger partial charge in [0.1, 0.15) is 10.7 Å². The monoisotopic (exact) mass is 445 g/mol. The molecule has 1 N–H and O–H groups in total. The van der Waals surface area contributed by atoms with E-state index in [0.29, 0.717) is 36.1 Å². The number of hydrogen-bond acceptors (Lipinski definition) is 4. The molecule has 0 aliphatic carbocycles. The Kier molecular flexibility index (Phi) is 5.59. The highest BCUT2D eigenvalue weighted by atomic mass is 35.5. The van der Waals surface area contributed by atoms with Crippen LogP contribution in [0.1, 0.15) is 61.4 Å². The maximum Gasteiger partial charge on any atom is 0.286 e. The van der Waals surface area contributed by atoms with E-state index in [0.717, 1.165) is 24.8 Å². The second kappa shape index (κ2) is 8.04. The molecule has 0 spiro atoms. The second-order valence-electron chi connectivity index (χ2n) is 7.98. The van der Waals surface area contributed by atoms with Gasteiger partial charge in [0.15, 0.2) is 0 Å². The third kappa shape index (κ3) is 3.96. The van der Waals surface area contributed by atoms with E-state index in [2.05, 4.69) is 23.6 Å². The molecule has 2 aliphatic heterocycles. The van der Waals surface area contributed by atoms with Gasteiger partial charge < -0.3 is 10.2 Å². The quantitative estimate of drug-likeness (QED) is 0.704. The topological polar surface area (TPSA) is 78.8 Å². The Bertz CT molecular complexity index is 1140. The predicted octanol–water partition coefficient (Wildman–Crippen LogP) is 5.20. The first-order valence-electron chi connectivity index (χ1n) is 10.1. The number of halogens is 1. The molecule has 1 saturated heterocycles. The Morgan fingerprint density at radius 3 is 2.73 bits per heavy atom. The van der Waals surface area contributed by atoms with Gasteiger partial charge in [0.25, 0.3) is 15.9 Å². The fourth-order valence-corrected chi connectivity index (χ4v) is 5.35. The van der Waals surface area contributed by atoms with Crippen LogP contribution in [0.15, 0.2) is 45.7 Å². The van der Waals surface area contributed by atoms with E-state index in [9.17, 15) is 13.2 Å². The van der Waals surface area contributed by atoms with Gasteiger partial charge in [0.05, 0.1) is 16.3 Å². The normalized spacial score (nSPS) is 17.6. The molecule has 8 heteroatoms. The number of amides is 1. The van der Waals surface area contributed by atoms with E-state index in [1.54, 1.807) is 12.1 Å². The van der Waals surface area contributed by atoms with Crippen molar-refractivity contribution >= 4 is 44.7 Å². The van der Waals surface area contributed by atoms with E-state index < -0.39 is 15.9 Å². The lowest BCUT2D eigenvalue weighted by Gasteiger charge is -2.30. The van der Waals surface area contributed by atoms with Crippen LogP contribution in [0.2, 0.25) is 5.02 Å². The molecule has 0 atom stereocenters. The summed E-state index contributed by atoms with van der Waals surface area (Å²) in [4.78, 5) is 14.9. The number of anilines is 2. The largest absolute Gasteiger partial charge is 0.328 e. The van der Waals surface area contributed by atoms with Crippen LogP contribution >= 0.6 is 11.6 Å². The number of benzene rings is 2. The molecule has 2 aromatic carbocycles. The van der Waals surface area contributed by atoms with Crippen LogP contribution < -0.4 is 10.2 Å². The molecule has 4 rings (SSSR count). The average Bonchev–Trinajstić information content (AvgIpc) is 2.92. The minimum atomic E-state index is -3.88. The van der Waals surface area contributed by atoms with E-state index in [1.165, 1.54) is 6.07 Å². The lowest BCUT2D eigenvalue weighted by molar-refractivity contribution is 0.102. The Morgan fingerprint density at radius 1 is 1.17 bits per heavy atom. The van der Waals surface area contributed by atoms with Crippen LogP contribution in [-0.4, -0.2) is 26.7 Å². The molecule has 0 bridgehead atoms.